The van der Waals surface area contributed by atoms with Crippen molar-refractivity contribution in [1.82, 2.24) is 0 Å². The van der Waals surface area contributed by atoms with Crippen LogP contribution >= 0.6 is 0 Å². The molecule has 0 saturated carbocycles. The summed E-state index contributed by atoms with van der Waals surface area (Å²) < 4.78 is 0. The molecule has 0 unspecified atom stereocenters. The van der Waals surface area contributed by atoms with E-state index in [4.69, 9.17) is 15.2 Å². The zero-order chi connectivity index (χ0) is 7.86. The molecule has 0 amide bonds. The lowest BCUT2D eigenvalue weighted by atomic mass is 9.80. The molecule has 0 aromatic rings. The first-order valence-corrected chi connectivity index (χ1v) is 2.93. The second-order valence-electron chi connectivity index (χ2n) is 2.11. The number of aliphatic hydroxyl groups excluding tert-OH is 1. The lowest BCUT2D eigenvalue weighted by Gasteiger charge is -1.99. The van der Waals surface area contributed by atoms with E-state index in [1.54, 1.807) is 0 Å². The van der Waals surface area contributed by atoms with Crippen LogP contribution in [0.5, 0.6) is 0 Å². The van der Waals surface area contributed by atoms with Crippen molar-refractivity contribution in [1.29, 1.82) is 0 Å². The van der Waals surface area contributed by atoms with Crippen molar-refractivity contribution in [3.05, 3.63) is 0 Å². The molecule has 0 aliphatic rings. The van der Waals surface area contributed by atoms with Gasteiger partial charge in [0, 0.05) is 7.11 Å². The SMILES string of the molecule is CC(C)CB(O)O.CO. The summed E-state index contributed by atoms with van der Waals surface area (Å²) in [6.45, 7) is 3.89. The molecule has 0 fully saturated rings. The molecule has 0 spiro atoms. The van der Waals surface area contributed by atoms with Crippen molar-refractivity contribution in [3.63, 3.8) is 0 Å². The lowest BCUT2D eigenvalue weighted by Crippen LogP contribution is -2.12. The van der Waals surface area contributed by atoms with Gasteiger partial charge in [-0.3, -0.25) is 0 Å². The normalized spacial score (nSPS) is 8.33. The highest BCUT2D eigenvalue weighted by atomic mass is 16.4. The molecule has 56 valence electrons. The fourth-order valence-corrected chi connectivity index (χ4v) is 0.422. The van der Waals surface area contributed by atoms with Crippen molar-refractivity contribution in [3.8, 4) is 0 Å². The van der Waals surface area contributed by atoms with Crippen LogP contribution in [0.1, 0.15) is 13.8 Å². The molecule has 0 radical (unpaired) electrons. The zero-order valence-corrected chi connectivity index (χ0v) is 6.20. The minimum Gasteiger partial charge on any atom is -0.427 e. The smallest absolute Gasteiger partial charge is 0.427 e. The fraction of sp³-hybridized carbons (Fsp3) is 1.00. The van der Waals surface area contributed by atoms with E-state index in [-0.39, 0.29) is 0 Å². The van der Waals surface area contributed by atoms with Gasteiger partial charge in [-0.15, -0.1) is 0 Å². The Morgan fingerprint density at radius 1 is 1.22 bits per heavy atom. The lowest BCUT2D eigenvalue weighted by molar-refractivity contribution is 0.394. The van der Waals surface area contributed by atoms with E-state index < -0.39 is 7.12 Å². The van der Waals surface area contributed by atoms with Crippen LogP contribution in [0.4, 0.5) is 0 Å². The Bertz CT molecular complexity index is 41.5. The number of rotatable bonds is 2. The molecule has 3 nitrogen and oxygen atoms in total. The Morgan fingerprint density at radius 2 is 1.56 bits per heavy atom. The van der Waals surface area contributed by atoms with Crippen molar-refractivity contribution in [2.24, 2.45) is 5.92 Å². The van der Waals surface area contributed by atoms with Crippen molar-refractivity contribution in [2.75, 3.05) is 7.11 Å². The Hall–Kier alpha value is -0.0551. The van der Waals surface area contributed by atoms with Crippen LogP contribution in [-0.2, 0) is 0 Å². The quantitative estimate of drug-likeness (QED) is 0.455. The van der Waals surface area contributed by atoms with Crippen LogP contribution in [0.25, 0.3) is 0 Å². The summed E-state index contributed by atoms with van der Waals surface area (Å²) in [6.07, 6.45) is 0.472. The second-order valence-corrected chi connectivity index (χ2v) is 2.11. The highest BCUT2D eigenvalue weighted by Crippen LogP contribution is 1.99. The van der Waals surface area contributed by atoms with E-state index in [1.165, 1.54) is 0 Å². The fourth-order valence-electron chi connectivity index (χ4n) is 0.422. The molecular weight excluding hydrogens is 119 g/mol. The maximum Gasteiger partial charge on any atom is 0.451 e. The molecular formula is C5H15BO3. The third-order valence-electron chi connectivity index (χ3n) is 0.682. The topological polar surface area (TPSA) is 60.7 Å². The summed E-state index contributed by atoms with van der Waals surface area (Å²) in [5.41, 5.74) is 0. The minimum absolute atomic E-state index is 0.375. The number of hydrogen-bond donors (Lipinski definition) is 3. The maximum absolute atomic E-state index is 8.28. The maximum atomic E-state index is 8.28. The largest absolute Gasteiger partial charge is 0.451 e. The van der Waals surface area contributed by atoms with E-state index in [1.807, 2.05) is 13.8 Å². The van der Waals surface area contributed by atoms with Crippen molar-refractivity contribution >= 4 is 7.12 Å². The molecule has 0 atom stereocenters. The second kappa shape index (κ2) is 7.94. The summed E-state index contributed by atoms with van der Waals surface area (Å²) in [5, 5.41) is 23.6. The predicted octanol–water partition coefficient (Wildman–Crippen LogP) is -0.276. The van der Waals surface area contributed by atoms with E-state index in [9.17, 15) is 0 Å². The molecule has 0 rings (SSSR count). The average Bonchev–Trinajstić information content (AvgIpc) is 1.68. The van der Waals surface area contributed by atoms with E-state index >= 15 is 0 Å². The molecule has 0 aromatic heterocycles. The first kappa shape index (κ1) is 11.7. The summed E-state index contributed by atoms with van der Waals surface area (Å²) >= 11 is 0. The molecule has 3 N–H and O–H groups in total. The predicted molar refractivity (Wildman–Crippen MR) is 38.0 cm³/mol. The van der Waals surface area contributed by atoms with Crippen LogP contribution in [0.15, 0.2) is 0 Å². The van der Waals surface area contributed by atoms with Crippen LogP contribution in [-0.4, -0.2) is 29.4 Å². The van der Waals surface area contributed by atoms with Gasteiger partial charge in [0.25, 0.3) is 0 Å². The van der Waals surface area contributed by atoms with Gasteiger partial charge in [-0.05, 0) is 12.2 Å². The van der Waals surface area contributed by atoms with Crippen LogP contribution < -0.4 is 0 Å². The van der Waals surface area contributed by atoms with Gasteiger partial charge in [0.2, 0.25) is 0 Å². The van der Waals surface area contributed by atoms with E-state index in [2.05, 4.69) is 0 Å². The van der Waals surface area contributed by atoms with Crippen LogP contribution in [0.3, 0.4) is 0 Å². The molecule has 0 heterocycles. The molecule has 0 aliphatic carbocycles. The van der Waals surface area contributed by atoms with Gasteiger partial charge in [0.15, 0.2) is 0 Å². The minimum atomic E-state index is -1.13. The van der Waals surface area contributed by atoms with Crippen LogP contribution in [0.2, 0.25) is 6.32 Å². The third kappa shape index (κ3) is 18.0. The van der Waals surface area contributed by atoms with Crippen molar-refractivity contribution < 1.29 is 15.2 Å². The highest BCUT2D eigenvalue weighted by molar-refractivity contribution is 6.41. The highest BCUT2D eigenvalue weighted by Gasteiger charge is 2.07. The van der Waals surface area contributed by atoms with Gasteiger partial charge in [-0.2, -0.15) is 0 Å². The summed E-state index contributed by atoms with van der Waals surface area (Å²) in [6, 6.07) is 0. The van der Waals surface area contributed by atoms with Gasteiger partial charge < -0.3 is 15.2 Å². The Kier molecular flexibility index (Phi) is 10.3. The number of hydrogen-bond acceptors (Lipinski definition) is 3. The molecule has 0 saturated heterocycles. The molecule has 9 heavy (non-hydrogen) atoms. The molecule has 0 aromatic carbocycles. The van der Waals surface area contributed by atoms with Gasteiger partial charge in [-0.25, -0.2) is 0 Å². The van der Waals surface area contributed by atoms with E-state index in [0.717, 1.165) is 7.11 Å². The molecule has 0 aliphatic heterocycles. The molecule has 0 bridgehead atoms. The summed E-state index contributed by atoms with van der Waals surface area (Å²) in [7, 11) is -0.125. The first-order chi connectivity index (χ1) is 4.13. The average molecular weight is 134 g/mol. The van der Waals surface area contributed by atoms with Crippen molar-refractivity contribution in [2.45, 2.75) is 20.2 Å². The van der Waals surface area contributed by atoms with E-state index in [0.29, 0.717) is 12.2 Å². The first-order valence-electron chi connectivity index (χ1n) is 2.93. The van der Waals surface area contributed by atoms with Gasteiger partial charge >= 0.3 is 7.12 Å². The van der Waals surface area contributed by atoms with Gasteiger partial charge in [-0.1, -0.05) is 13.8 Å². The monoisotopic (exact) mass is 134 g/mol. The summed E-state index contributed by atoms with van der Waals surface area (Å²) in [4.78, 5) is 0. The Morgan fingerprint density at radius 3 is 1.56 bits per heavy atom. The Balaban J connectivity index is 0. The Labute approximate surface area is 56.5 Å². The third-order valence-corrected chi connectivity index (χ3v) is 0.682. The van der Waals surface area contributed by atoms with Gasteiger partial charge in [0.05, 0.1) is 0 Å². The standard InChI is InChI=1S/C4H11BO2.CH4O/c1-4(2)3-5(6)7;1-2/h4,6-7H,3H2,1-2H3;2H,1H3. The number of aliphatic hydroxyl groups is 1. The summed E-state index contributed by atoms with van der Waals surface area (Å²) in [5.74, 6) is 0.375. The molecule has 4 heteroatoms. The van der Waals surface area contributed by atoms with Crippen LogP contribution in [0, 0.1) is 5.92 Å². The zero-order valence-electron chi connectivity index (χ0n) is 6.20. The van der Waals surface area contributed by atoms with Gasteiger partial charge in [0.1, 0.15) is 0 Å².